The molecule has 0 bridgehead atoms. The summed E-state index contributed by atoms with van der Waals surface area (Å²) in [7, 11) is 1.80. The first-order valence-electron chi connectivity index (χ1n) is 7.87. The molecule has 6 heteroatoms. The van der Waals surface area contributed by atoms with E-state index in [0.29, 0.717) is 0 Å². The first kappa shape index (κ1) is 17.8. The molecule has 23 heavy (non-hydrogen) atoms. The molecule has 0 aliphatic rings. The van der Waals surface area contributed by atoms with Crippen LogP contribution in [0.5, 0.6) is 0 Å². The van der Waals surface area contributed by atoms with E-state index in [1.165, 1.54) is 14.8 Å². The molecule has 2 aromatic rings. The van der Waals surface area contributed by atoms with Gasteiger partial charge in [0.15, 0.2) is 5.96 Å². The van der Waals surface area contributed by atoms with Gasteiger partial charge in [-0.3, -0.25) is 4.99 Å². The van der Waals surface area contributed by atoms with Gasteiger partial charge >= 0.3 is 0 Å². The topological polar surface area (TPSA) is 49.3 Å². The van der Waals surface area contributed by atoms with Gasteiger partial charge in [-0.1, -0.05) is 25.1 Å². The Balaban J connectivity index is 1.61. The molecule has 0 aliphatic carbocycles. The maximum atomic E-state index is 4.43. The number of aliphatic imine (C=N–C) groups is 1. The summed E-state index contributed by atoms with van der Waals surface area (Å²) in [6.07, 6.45) is 3.98. The van der Waals surface area contributed by atoms with Gasteiger partial charge in [0.25, 0.3) is 0 Å². The minimum Gasteiger partial charge on any atom is -0.356 e. The third kappa shape index (κ3) is 6.62. The van der Waals surface area contributed by atoms with Gasteiger partial charge in [0.1, 0.15) is 0 Å². The van der Waals surface area contributed by atoms with Gasteiger partial charge in [-0.25, -0.2) is 4.98 Å². The number of nitrogens with one attached hydrogen (secondary N) is 2. The van der Waals surface area contributed by atoms with Crippen molar-refractivity contribution in [3.8, 4) is 0 Å². The molecule has 0 amide bonds. The van der Waals surface area contributed by atoms with Crippen LogP contribution in [-0.4, -0.2) is 36.8 Å². The molecule has 0 aliphatic heterocycles. The third-order valence-corrected chi connectivity index (χ3v) is 5.43. The Morgan fingerprint density at radius 2 is 2.00 bits per heavy atom. The summed E-state index contributed by atoms with van der Waals surface area (Å²) in [6.45, 7) is 3.90. The van der Waals surface area contributed by atoms with Crippen LogP contribution in [0.2, 0.25) is 0 Å². The van der Waals surface area contributed by atoms with Crippen LogP contribution in [0.15, 0.2) is 46.4 Å². The van der Waals surface area contributed by atoms with E-state index in [0.717, 1.165) is 37.6 Å². The number of aryl methyl sites for hydroxylation is 1. The predicted molar refractivity (Wildman–Crippen MR) is 102 cm³/mol. The SMILES string of the molecule is CCc1cnc(CCNC(=NC)NCCSc2ccccc2)s1. The van der Waals surface area contributed by atoms with Gasteiger partial charge in [-0.05, 0) is 18.6 Å². The standard InChI is InChI=1S/C17H24N4S2/c1-3-14-13-21-16(23-14)9-10-19-17(18-2)20-11-12-22-15-7-5-4-6-8-15/h4-8,13H,3,9-12H2,1-2H3,(H2,18,19,20). The first-order chi connectivity index (χ1) is 11.3. The van der Waals surface area contributed by atoms with Gasteiger partial charge in [0.05, 0.1) is 5.01 Å². The Kier molecular flexibility index (Phi) is 7.97. The molecule has 0 radical (unpaired) electrons. The Bertz CT molecular complexity index is 596. The van der Waals surface area contributed by atoms with E-state index in [9.17, 15) is 0 Å². The molecule has 2 N–H and O–H groups in total. The van der Waals surface area contributed by atoms with Crippen LogP contribution in [0.25, 0.3) is 0 Å². The molecule has 0 unspecified atom stereocenters. The summed E-state index contributed by atoms with van der Waals surface area (Å²) in [6, 6.07) is 10.4. The van der Waals surface area contributed by atoms with Crippen LogP contribution in [0.1, 0.15) is 16.8 Å². The number of hydrogen-bond donors (Lipinski definition) is 2. The highest BCUT2D eigenvalue weighted by atomic mass is 32.2. The van der Waals surface area contributed by atoms with Gasteiger partial charge in [0, 0.05) is 48.3 Å². The van der Waals surface area contributed by atoms with Crippen molar-refractivity contribution in [2.45, 2.75) is 24.7 Å². The van der Waals surface area contributed by atoms with Crippen molar-refractivity contribution in [2.24, 2.45) is 4.99 Å². The molecular weight excluding hydrogens is 324 g/mol. The van der Waals surface area contributed by atoms with Crippen molar-refractivity contribution in [1.29, 1.82) is 0 Å². The second kappa shape index (κ2) is 10.3. The van der Waals surface area contributed by atoms with E-state index < -0.39 is 0 Å². The van der Waals surface area contributed by atoms with E-state index in [1.807, 2.05) is 24.0 Å². The Labute approximate surface area is 146 Å². The zero-order valence-corrected chi connectivity index (χ0v) is 15.3. The average Bonchev–Trinajstić information content (AvgIpc) is 3.06. The highest BCUT2D eigenvalue weighted by Gasteiger charge is 2.02. The molecule has 0 saturated carbocycles. The lowest BCUT2D eigenvalue weighted by atomic mass is 10.4. The predicted octanol–water partition coefficient (Wildman–Crippen LogP) is 3.21. The molecule has 2 rings (SSSR count). The molecule has 0 fully saturated rings. The van der Waals surface area contributed by atoms with E-state index in [1.54, 1.807) is 18.4 Å². The van der Waals surface area contributed by atoms with Crippen molar-refractivity contribution < 1.29 is 0 Å². The van der Waals surface area contributed by atoms with E-state index in [2.05, 4.69) is 51.8 Å². The second-order valence-electron chi connectivity index (χ2n) is 4.91. The third-order valence-electron chi connectivity index (χ3n) is 3.21. The molecule has 0 spiro atoms. The fourth-order valence-corrected chi connectivity index (χ4v) is 3.64. The summed E-state index contributed by atoms with van der Waals surface area (Å²) in [5.41, 5.74) is 0. The van der Waals surface area contributed by atoms with Gasteiger partial charge in [0.2, 0.25) is 0 Å². The van der Waals surface area contributed by atoms with E-state index >= 15 is 0 Å². The quantitative estimate of drug-likeness (QED) is 0.333. The lowest BCUT2D eigenvalue weighted by molar-refractivity contribution is 0.808. The largest absolute Gasteiger partial charge is 0.356 e. The summed E-state index contributed by atoms with van der Waals surface area (Å²) < 4.78 is 0. The number of hydrogen-bond acceptors (Lipinski definition) is 4. The van der Waals surface area contributed by atoms with Crippen molar-refractivity contribution in [2.75, 3.05) is 25.9 Å². The Hall–Kier alpha value is -1.53. The zero-order valence-electron chi connectivity index (χ0n) is 13.7. The maximum absolute atomic E-state index is 4.43. The summed E-state index contributed by atoms with van der Waals surface area (Å²) in [5.74, 6) is 1.86. The van der Waals surface area contributed by atoms with Gasteiger partial charge in [-0.15, -0.1) is 23.1 Å². The number of rotatable bonds is 8. The van der Waals surface area contributed by atoms with Crippen LogP contribution in [0.4, 0.5) is 0 Å². The van der Waals surface area contributed by atoms with Crippen molar-refractivity contribution >= 4 is 29.1 Å². The van der Waals surface area contributed by atoms with Crippen molar-refractivity contribution in [3.05, 3.63) is 46.4 Å². The smallest absolute Gasteiger partial charge is 0.191 e. The lowest BCUT2D eigenvalue weighted by Gasteiger charge is -2.11. The first-order valence-corrected chi connectivity index (χ1v) is 9.68. The molecule has 0 saturated heterocycles. The molecule has 124 valence electrons. The van der Waals surface area contributed by atoms with Gasteiger partial charge in [-0.2, -0.15) is 0 Å². The molecule has 4 nitrogen and oxygen atoms in total. The maximum Gasteiger partial charge on any atom is 0.191 e. The van der Waals surface area contributed by atoms with Crippen LogP contribution in [0, 0.1) is 0 Å². The molecular formula is C17H24N4S2. The van der Waals surface area contributed by atoms with Gasteiger partial charge < -0.3 is 10.6 Å². The van der Waals surface area contributed by atoms with Crippen LogP contribution < -0.4 is 10.6 Å². The molecule has 1 heterocycles. The molecule has 1 aromatic carbocycles. The number of aromatic nitrogens is 1. The Morgan fingerprint density at radius 3 is 2.70 bits per heavy atom. The lowest BCUT2D eigenvalue weighted by Crippen LogP contribution is -2.39. The minimum absolute atomic E-state index is 0.849. The highest BCUT2D eigenvalue weighted by Crippen LogP contribution is 2.15. The number of nitrogens with zero attached hydrogens (tertiary/aromatic N) is 2. The number of thioether (sulfide) groups is 1. The van der Waals surface area contributed by atoms with Crippen LogP contribution in [-0.2, 0) is 12.8 Å². The van der Waals surface area contributed by atoms with Crippen molar-refractivity contribution in [3.63, 3.8) is 0 Å². The highest BCUT2D eigenvalue weighted by molar-refractivity contribution is 7.99. The fourth-order valence-electron chi connectivity index (χ4n) is 1.99. The van der Waals surface area contributed by atoms with E-state index in [-0.39, 0.29) is 0 Å². The normalized spacial score (nSPS) is 11.5. The Morgan fingerprint density at radius 1 is 1.22 bits per heavy atom. The van der Waals surface area contributed by atoms with Crippen LogP contribution >= 0.6 is 23.1 Å². The summed E-state index contributed by atoms with van der Waals surface area (Å²) in [4.78, 5) is 11.3. The zero-order chi connectivity index (χ0) is 16.3. The number of benzene rings is 1. The minimum atomic E-state index is 0.849. The average molecular weight is 349 g/mol. The van der Waals surface area contributed by atoms with Crippen molar-refractivity contribution in [1.82, 2.24) is 15.6 Å². The second-order valence-corrected chi connectivity index (χ2v) is 7.28. The number of guanidine groups is 1. The number of thiazole rings is 1. The molecule has 1 aromatic heterocycles. The van der Waals surface area contributed by atoms with E-state index in [4.69, 9.17) is 0 Å². The summed E-state index contributed by atoms with van der Waals surface area (Å²) >= 11 is 3.64. The fraction of sp³-hybridized carbons (Fsp3) is 0.412. The monoisotopic (exact) mass is 348 g/mol. The van der Waals surface area contributed by atoms with Crippen LogP contribution in [0.3, 0.4) is 0 Å². The molecule has 0 atom stereocenters. The summed E-state index contributed by atoms with van der Waals surface area (Å²) in [5, 5.41) is 7.87.